The van der Waals surface area contributed by atoms with Crippen molar-refractivity contribution in [2.75, 3.05) is 6.61 Å². The van der Waals surface area contributed by atoms with E-state index in [-0.39, 0.29) is 0 Å². The van der Waals surface area contributed by atoms with Gasteiger partial charge in [-0.15, -0.1) is 0 Å². The topological polar surface area (TPSA) is 60.7 Å². The van der Waals surface area contributed by atoms with E-state index in [1.807, 2.05) is 0 Å². The van der Waals surface area contributed by atoms with Crippen LogP contribution >= 0.6 is 0 Å². The van der Waals surface area contributed by atoms with Crippen LogP contribution in [0.15, 0.2) is 18.2 Å². The fourth-order valence-corrected chi connectivity index (χ4v) is 1.25. The molecular formula is C10H10F4O3. The summed E-state index contributed by atoms with van der Waals surface area (Å²) in [5.74, 6) is -1.09. The van der Waals surface area contributed by atoms with Gasteiger partial charge in [0.15, 0.2) is 0 Å². The van der Waals surface area contributed by atoms with Gasteiger partial charge in [-0.1, -0.05) is 0 Å². The first-order valence-corrected chi connectivity index (χ1v) is 4.61. The minimum atomic E-state index is -4.67. The molecule has 0 amide bonds. The highest BCUT2D eigenvalue weighted by atomic mass is 19.4. The summed E-state index contributed by atoms with van der Waals surface area (Å²) in [6.07, 6.45) is -8.33. The van der Waals surface area contributed by atoms with E-state index >= 15 is 0 Å². The van der Waals surface area contributed by atoms with Gasteiger partial charge < -0.3 is 15.3 Å². The molecule has 1 aromatic rings. The first-order chi connectivity index (χ1) is 7.77. The van der Waals surface area contributed by atoms with Crippen LogP contribution in [0.1, 0.15) is 17.2 Å². The lowest BCUT2D eigenvalue weighted by molar-refractivity contribution is -0.137. The summed E-state index contributed by atoms with van der Waals surface area (Å²) in [6.45, 7) is -0.892. The van der Waals surface area contributed by atoms with Crippen LogP contribution in [-0.4, -0.2) is 28.0 Å². The van der Waals surface area contributed by atoms with Crippen LogP contribution in [0, 0.1) is 5.82 Å². The van der Waals surface area contributed by atoms with E-state index in [9.17, 15) is 22.7 Å². The predicted octanol–water partition coefficient (Wildman–Crippen LogP) is 1.23. The molecule has 1 aromatic carbocycles. The smallest absolute Gasteiger partial charge is 0.394 e. The second kappa shape index (κ2) is 4.99. The van der Waals surface area contributed by atoms with Crippen molar-refractivity contribution < 1.29 is 32.9 Å². The molecule has 0 spiro atoms. The molecular weight excluding hydrogens is 244 g/mol. The fourth-order valence-electron chi connectivity index (χ4n) is 1.25. The largest absolute Gasteiger partial charge is 0.416 e. The Morgan fingerprint density at radius 2 is 1.76 bits per heavy atom. The third kappa shape index (κ3) is 3.15. The SMILES string of the molecule is OCC(O)C(O)c1cc(C(F)(F)F)ccc1F. The third-order valence-electron chi connectivity index (χ3n) is 2.19. The zero-order valence-corrected chi connectivity index (χ0v) is 8.45. The molecule has 0 aromatic heterocycles. The molecule has 3 N–H and O–H groups in total. The second-order valence-corrected chi connectivity index (χ2v) is 3.43. The average molecular weight is 254 g/mol. The van der Waals surface area contributed by atoms with Crippen LogP contribution in [0.5, 0.6) is 0 Å². The zero-order valence-electron chi connectivity index (χ0n) is 8.45. The number of benzene rings is 1. The summed E-state index contributed by atoms with van der Waals surface area (Å²) in [5.41, 5.74) is -1.85. The molecule has 0 saturated heterocycles. The second-order valence-electron chi connectivity index (χ2n) is 3.43. The molecule has 0 aliphatic rings. The van der Waals surface area contributed by atoms with Crippen LogP contribution in [0.3, 0.4) is 0 Å². The predicted molar refractivity (Wildman–Crippen MR) is 49.5 cm³/mol. The summed E-state index contributed by atoms with van der Waals surface area (Å²) >= 11 is 0. The van der Waals surface area contributed by atoms with Gasteiger partial charge >= 0.3 is 6.18 Å². The molecule has 0 aliphatic carbocycles. The Morgan fingerprint density at radius 1 is 1.18 bits per heavy atom. The molecule has 2 atom stereocenters. The third-order valence-corrected chi connectivity index (χ3v) is 2.19. The Bertz CT molecular complexity index is 392. The molecule has 0 heterocycles. The number of halogens is 4. The van der Waals surface area contributed by atoms with Gasteiger partial charge in [-0.05, 0) is 18.2 Å². The van der Waals surface area contributed by atoms with Crippen LogP contribution in [0.25, 0.3) is 0 Å². The summed E-state index contributed by atoms with van der Waals surface area (Å²) in [5, 5.41) is 26.9. The average Bonchev–Trinajstić information content (AvgIpc) is 2.26. The highest BCUT2D eigenvalue weighted by molar-refractivity contribution is 5.29. The molecule has 0 fully saturated rings. The maximum absolute atomic E-state index is 13.2. The fraction of sp³-hybridized carbons (Fsp3) is 0.400. The molecule has 0 radical (unpaired) electrons. The highest BCUT2D eigenvalue weighted by Gasteiger charge is 2.32. The number of alkyl halides is 3. The normalized spacial score (nSPS) is 15.7. The van der Waals surface area contributed by atoms with Crippen LogP contribution in [-0.2, 0) is 6.18 Å². The Kier molecular flexibility index (Phi) is 4.07. The lowest BCUT2D eigenvalue weighted by atomic mass is 10.0. The Labute approximate surface area is 93.9 Å². The molecule has 2 unspecified atom stereocenters. The lowest BCUT2D eigenvalue weighted by Gasteiger charge is -2.18. The van der Waals surface area contributed by atoms with E-state index in [4.69, 9.17) is 10.2 Å². The van der Waals surface area contributed by atoms with Crippen molar-refractivity contribution in [2.24, 2.45) is 0 Å². The lowest BCUT2D eigenvalue weighted by Crippen LogP contribution is -2.23. The van der Waals surface area contributed by atoms with Crippen molar-refractivity contribution in [1.29, 1.82) is 0 Å². The zero-order chi connectivity index (χ0) is 13.2. The van der Waals surface area contributed by atoms with Crippen molar-refractivity contribution in [2.45, 2.75) is 18.4 Å². The Balaban J connectivity index is 3.15. The van der Waals surface area contributed by atoms with Gasteiger partial charge in [0.1, 0.15) is 18.0 Å². The highest BCUT2D eigenvalue weighted by Crippen LogP contribution is 2.32. The summed E-state index contributed by atoms with van der Waals surface area (Å²) < 4.78 is 50.2. The van der Waals surface area contributed by atoms with Crippen molar-refractivity contribution in [3.8, 4) is 0 Å². The standard InChI is InChI=1S/C10H10F4O3/c11-7-2-1-5(10(12,13)14)3-6(7)9(17)8(16)4-15/h1-3,8-9,15-17H,4H2. The number of hydrogen-bond donors (Lipinski definition) is 3. The van der Waals surface area contributed by atoms with E-state index in [1.54, 1.807) is 0 Å². The van der Waals surface area contributed by atoms with Gasteiger partial charge in [-0.2, -0.15) is 13.2 Å². The first-order valence-electron chi connectivity index (χ1n) is 4.61. The maximum Gasteiger partial charge on any atom is 0.416 e. The minimum Gasteiger partial charge on any atom is -0.394 e. The molecule has 3 nitrogen and oxygen atoms in total. The van der Waals surface area contributed by atoms with E-state index in [0.717, 1.165) is 0 Å². The number of hydrogen-bond acceptors (Lipinski definition) is 3. The Morgan fingerprint density at radius 3 is 2.24 bits per heavy atom. The number of aliphatic hydroxyl groups is 3. The van der Waals surface area contributed by atoms with Gasteiger partial charge in [0.2, 0.25) is 0 Å². The summed E-state index contributed by atoms with van der Waals surface area (Å²) in [4.78, 5) is 0. The monoisotopic (exact) mass is 254 g/mol. The van der Waals surface area contributed by atoms with Crippen LogP contribution in [0.2, 0.25) is 0 Å². The quantitative estimate of drug-likeness (QED) is 0.711. The van der Waals surface area contributed by atoms with Crippen molar-refractivity contribution in [3.05, 3.63) is 35.1 Å². The van der Waals surface area contributed by atoms with Gasteiger partial charge in [0, 0.05) is 5.56 Å². The van der Waals surface area contributed by atoms with E-state index in [2.05, 4.69) is 0 Å². The molecule has 0 aliphatic heterocycles. The van der Waals surface area contributed by atoms with Gasteiger partial charge in [0.05, 0.1) is 12.2 Å². The molecule has 0 bridgehead atoms. The molecule has 96 valence electrons. The Hall–Kier alpha value is -1.18. The van der Waals surface area contributed by atoms with E-state index < -0.39 is 41.9 Å². The molecule has 7 heteroatoms. The van der Waals surface area contributed by atoms with Crippen molar-refractivity contribution in [1.82, 2.24) is 0 Å². The van der Waals surface area contributed by atoms with Crippen molar-refractivity contribution >= 4 is 0 Å². The van der Waals surface area contributed by atoms with Gasteiger partial charge in [-0.25, -0.2) is 4.39 Å². The number of aliphatic hydroxyl groups excluding tert-OH is 3. The van der Waals surface area contributed by atoms with Gasteiger partial charge in [0.25, 0.3) is 0 Å². The molecule has 0 saturated carbocycles. The first kappa shape index (κ1) is 13.9. The maximum atomic E-state index is 13.2. The van der Waals surface area contributed by atoms with E-state index in [1.165, 1.54) is 0 Å². The van der Waals surface area contributed by atoms with Crippen LogP contribution < -0.4 is 0 Å². The molecule has 1 rings (SSSR count). The minimum absolute atomic E-state index is 0.402. The molecule has 17 heavy (non-hydrogen) atoms. The van der Waals surface area contributed by atoms with E-state index in [0.29, 0.717) is 18.2 Å². The summed E-state index contributed by atoms with van der Waals surface area (Å²) in [7, 11) is 0. The summed E-state index contributed by atoms with van der Waals surface area (Å²) in [6, 6.07) is 1.47. The van der Waals surface area contributed by atoms with Crippen molar-refractivity contribution in [3.63, 3.8) is 0 Å². The number of rotatable bonds is 3. The van der Waals surface area contributed by atoms with Gasteiger partial charge in [-0.3, -0.25) is 0 Å². The van der Waals surface area contributed by atoms with Crippen LogP contribution in [0.4, 0.5) is 17.6 Å².